The predicted molar refractivity (Wildman–Crippen MR) is 80.4 cm³/mol. The molecule has 0 saturated carbocycles. The lowest BCUT2D eigenvalue weighted by Crippen LogP contribution is -2.29. The van der Waals surface area contributed by atoms with Crippen LogP contribution in [-0.2, 0) is 0 Å². The number of ether oxygens (including phenoxy) is 1. The van der Waals surface area contributed by atoms with E-state index in [1.54, 1.807) is 24.5 Å². The SMILES string of the molecule is CC(N)C(Oc1ccc(Cl)cc1Br)c1ccncc1. The van der Waals surface area contributed by atoms with Gasteiger partial charge in [0.25, 0.3) is 0 Å². The Morgan fingerprint density at radius 3 is 2.53 bits per heavy atom. The van der Waals surface area contributed by atoms with Gasteiger partial charge in [-0.15, -0.1) is 0 Å². The van der Waals surface area contributed by atoms with E-state index in [4.69, 9.17) is 22.1 Å². The molecule has 2 aromatic rings. The van der Waals surface area contributed by atoms with Crippen LogP contribution in [0.3, 0.4) is 0 Å². The van der Waals surface area contributed by atoms with E-state index in [1.807, 2.05) is 25.1 Å². The Balaban J connectivity index is 2.27. The van der Waals surface area contributed by atoms with Crippen LogP contribution in [0.5, 0.6) is 5.75 Å². The first-order valence-corrected chi connectivity index (χ1v) is 7.02. The van der Waals surface area contributed by atoms with Crippen molar-refractivity contribution in [2.24, 2.45) is 5.73 Å². The Labute approximate surface area is 125 Å². The second kappa shape index (κ2) is 6.37. The predicted octanol–water partition coefficient (Wildman–Crippen LogP) is 3.96. The molecule has 0 aliphatic heterocycles. The van der Waals surface area contributed by atoms with Gasteiger partial charge >= 0.3 is 0 Å². The van der Waals surface area contributed by atoms with Crippen molar-refractivity contribution >= 4 is 27.5 Å². The highest BCUT2D eigenvalue weighted by molar-refractivity contribution is 9.10. The molecule has 2 atom stereocenters. The van der Waals surface area contributed by atoms with Crippen molar-refractivity contribution in [3.8, 4) is 5.75 Å². The molecular formula is C14H14BrClN2O. The lowest BCUT2D eigenvalue weighted by molar-refractivity contribution is 0.179. The molecule has 0 saturated heterocycles. The second-order valence-electron chi connectivity index (χ2n) is 4.25. The van der Waals surface area contributed by atoms with Gasteiger partial charge < -0.3 is 10.5 Å². The first-order chi connectivity index (χ1) is 9.08. The van der Waals surface area contributed by atoms with Crippen LogP contribution in [0.15, 0.2) is 47.2 Å². The Hall–Kier alpha value is -1.10. The number of nitrogens with two attached hydrogens (primary N) is 1. The Kier molecular flexibility index (Phi) is 4.80. The quantitative estimate of drug-likeness (QED) is 0.915. The first kappa shape index (κ1) is 14.3. The van der Waals surface area contributed by atoms with Gasteiger partial charge in [-0.05, 0) is 58.7 Å². The van der Waals surface area contributed by atoms with Crippen molar-refractivity contribution in [1.82, 2.24) is 4.98 Å². The molecule has 0 aliphatic rings. The lowest BCUT2D eigenvalue weighted by atomic mass is 10.1. The van der Waals surface area contributed by atoms with Crippen LogP contribution in [0.2, 0.25) is 5.02 Å². The number of benzene rings is 1. The fraction of sp³-hybridized carbons (Fsp3) is 0.214. The monoisotopic (exact) mass is 340 g/mol. The minimum atomic E-state index is -0.236. The summed E-state index contributed by atoms with van der Waals surface area (Å²) < 4.78 is 6.79. The van der Waals surface area contributed by atoms with Crippen LogP contribution in [-0.4, -0.2) is 11.0 Å². The Morgan fingerprint density at radius 2 is 1.95 bits per heavy atom. The zero-order chi connectivity index (χ0) is 13.8. The van der Waals surface area contributed by atoms with Crippen molar-refractivity contribution < 1.29 is 4.74 Å². The third-order valence-corrected chi connectivity index (χ3v) is 3.51. The molecule has 0 amide bonds. The molecular weight excluding hydrogens is 328 g/mol. The minimum absolute atomic E-state index is 0.148. The number of rotatable bonds is 4. The van der Waals surface area contributed by atoms with E-state index in [0.29, 0.717) is 10.8 Å². The maximum absolute atomic E-state index is 6.01. The molecule has 1 aromatic carbocycles. The molecule has 0 radical (unpaired) electrons. The largest absolute Gasteiger partial charge is 0.483 e. The molecule has 2 N–H and O–H groups in total. The minimum Gasteiger partial charge on any atom is -0.483 e. The molecule has 0 fully saturated rings. The highest BCUT2D eigenvalue weighted by Crippen LogP contribution is 2.32. The molecule has 0 aliphatic carbocycles. The van der Waals surface area contributed by atoms with E-state index in [0.717, 1.165) is 10.0 Å². The number of nitrogens with zero attached hydrogens (tertiary/aromatic N) is 1. The fourth-order valence-corrected chi connectivity index (χ4v) is 2.52. The second-order valence-corrected chi connectivity index (χ2v) is 5.54. The van der Waals surface area contributed by atoms with E-state index in [-0.39, 0.29) is 12.1 Å². The van der Waals surface area contributed by atoms with Crippen LogP contribution >= 0.6 is 27.5 Å². The molecule has 0 bridgehead atoms. The average molecular weight is 342 g/mol. The molecule has 1 aromatic heterocycles. The van der Waals surface area contributed by atoms with Crippen LogP contribution in [0.1, 0.15) is 18.6 Å². The van der Waals surface area contributed by atoms with Gasteiger partial charge in [0.1, 0.15) is 11.9 Å². The van der Waals surface area contributed by atoms with E-state index >= 15 is 0 Å². The summed E-state index contributed by atoms with van der Waals surface area (Å²) in [5, 5.41) is 0.653. The molecule has 2 unspecified atom stereocenters. The number of hydrogen-bond donors (Lipinski definition) is 1. The molecule has 3 nitrogen and oxygen atoms in total. The summed E-state index contributed by atoms with van der Waals surface area (Å²) in [5.41, 5.74) is 7.00. The normalized spacial score (nSPS) is 13.9. The molecule has 5 heteroatoms. The molecule has 2 rings (SSSR count). The van der Waals surface area contributed by atoms with Crippen LogP contribution in [0.25, 0.3) is 0 Å². The van der Waals surface area contributed by atoms with Gasteiger partial charge in [0.05, 0.1) is 4.47 Å². The van der Waals surface area contributed by atoms with Crippen molar-refractivity contribution in [3.63, 3.8) is 0 Å². The first-order valence-electron chi connectivity index (χ1n) is 5.85. The number of pyridine rings is 1. The number of aromatic nitrogens is 1. The molecule has 0 spiro atoms. The van der Waals surface area contributed by atoms with Crippen molar-refractivity contribution in [3.05, 3.63) is 57.8 Å². The number of hydrogen-bond acceptors (Lipinski definition) is 3. The summed E-state index contributed by atoms with van der Waals surface area (Å²) in [4.78, 5) is 4.00. The Morgan fingerprint density at radius 1 is 1.26 bits per heavy atom. The topological polar surface area (TPSA) is 48.1 Å². The summed E-state index contributed by atoms with van der Waals surface area (Å²) in [6, 6.07) is 9.05. The van der Waals surface area contributed by atoms with Crippen LogP contribution < -0.4 is 10.5 Å². The summed E-state index contributed by atoms with van der Waals surface area (Å²) in [6.45, 7) is 1.91. The van der Waals surface area contributed by atoms with Crippen molar-refractivity contribution in [2.45, 2.75) is 19.1 Å². The van der Waals surface area contributed by atoms with Gasteiger partial charge in [0.15, 0.2) is 0 Å². The van der Waals surface area contributed by atoms with Crippen LogP contribution in [0, 0.1) is 0 Å². The standard InChI is InChI=1S/C14H14BrClN2O/c1-9(17)14(10-4-6-18-7-5-10)19-13-3-2-11(16)8-12(13)15/h2-9,14H,17H2,1H3. The van der Waals surface area contributed by atoms with Gasteiger partial charge in [-0.25, -0.2) is 0 Å². The van der Waals surface area contributed by atoms with Gasteiger partial charge in [0.2, 0.25) is 0 Å². The zero-order valence-electron chi connectivity index (χ0n) is 10.4. The van der Waals surface area contributed by atoms with E-state index in [9.17, 15) is 0 Å². The maximum Gasteiger partial charge on any atom is 0.139 e. The molecule has 1 heterocycles. The lowest BCUT2D eigenvalue weighted by Gasteiger charge is -2.23. The smallest absolute Gasteiger partial charge is 0.139 e. The van der Waals surface area contributed by atoms with E-state index in [1.165, 1.54) is 0 Å². The van der Waals surface area contributed by atoms with E-state index in [2.05, 4.69) is 20.9 Å². The average Bonchev–Trinajstić information content (AvgIpc) is 2.38. The zero-order valence-corrected chi connectivity index (χ0v) is 12.7. The molecule has 100 valence electrons. The van der Waals surface area contributed by atoms with Gasteiger partial charge in [-0.3, -0.25) is 4.98 Å². The Bertz CT molecular complexity index is 548. The van der Waals surface area contributed by atoms with Crippen molar-refractivity contribution in [1.29, 1.82) is 0 Å². The molecule has 19 heavy (non-hydrogen) atoms. The highest BCUT2D eigenvalue weighted by Gasteiger charge is 2.19. The number of halogens is 2. The summed E-state index contributed by atoms with van der Waals surface area (Å²) in [7, 11) is 0. The third kappa shape index (κ3) is 3.69. The highest BCUT2D eigenvalue weighted by atomic mass is 79.9. The van der Waals surface area contributed by atoms with Gasteiger partial charge in [-0.2, -0.15) is 0 Å². The third-order valence-electron chi connectivity index (χ3n) is 2.66. The van der Waals surface area contributed by atoms with Crippen molar-refractivity contribution in [2.75, 3.05) is 0 Å². The van der Waals surface area contributed by atoms with Gasteiger partial charge in [0, 0.05) is 23.5 Å². The van der Waals surface area contributed by atoms with Gasteiger partial charge in [-0.1, -0.05) is 11.6 Å². The van der Waals surface area contributed by atoms with E-state index < -0.39 is 0 Å². The summed E-state index contributed by atoms with van der Waals surface area (Å²) >= 11 is 9.35. The summed E-state index contributed by atoms with van der Waals surface area (Å²) in [6.07, 6.45) is 3.22. The summed E-state index contributed by atoms with van der Waals surface area (Å²) in [5.74, 6) is 0.712. The fourth-order valence-electron chi connectivity index (χ4n) is 1.74. The van der Waals surface area contributed by atoms with Crippen LogP contribution in [0.4, 0.5) is 0 Å². The maximum atomic E-state index is 6.01.